The predicted molar refractivity (Wildman–Crippen MR) is 105 cm³/mol. The normalized spacial score (nSPS) is 16.3. The molecule has 144 valence electrons. The summed E-state index contributed by atoms with van der Waals surface area (Å²) in [7, 11) is -2.01. The molecular formula is C19H21NO5S2. The number of aliphatic carboxylic acids is 1. The van der Waals surface area contributed by atoms with Crippen LogP contribution in [0.1, 0.15) is 29.7 Å². The highest BCUT2D eigenvalue weighted by Gasteiger charge is 2.28. The highest BCUT2D eigenvalue weighted by Crippen LogP contribution is 2.32. The Kier molecular flexibility index (Phi) is 5.98. The number of hydrogen-bond donors (Lipinski definition) is 1. The Morgan fingerprint density at radius 1 is 1.11 bits per heavy atom. The van der Waals surface area contributed by atoms with Crippen LogP contribution < -0.4 is 4.74 Å². The molecule has 8 heteroatoms. The van der Waals surface area contributed by atoms with Crippen molar-refractivity contribution in [3.63, 3.8) is 0 Å². The van der Waals surface area contributed by atoms with Gasteiger partial charge in [0.05, 0.1) is 12.7 Å². The van der Waals surface area contributed by atoms with E-state index in [1.54, 1.807) is 37.4 Å². The number of thiophene rings is 1. The maximum atomic E-state index is 12.8. The highest BCUT2D eigenvalue weighted by molar-refractivity contribution is 7.91. The lowest BCUT2D eigenvalue weighted by atomic mass is 10.1. The molecule has 1 N–H and O–H groups in total. The van der Waals surface area contributed by atoms with Crippen LogP contribution in [0.25, 0.3) is 11.6 Å². The molecular weight excluding hydrogens is 386 g/mol. The van der Waals surface area contributed by atoms with Gasteiger partial charge < -0.3 is 9.84 Å². The Morgan fingerprint density at radius 2 is 1.78 bits per heavy atom. The first-order valence-corrected chi connectivity index (χ1v) is 10.9. The maximum Gasteiger partial charge on any atom is 0.337 e. The summed E-state index contributed by atoms with van der Waals surface area (Å²) in [6.45, 7) is 1.03. The third-order valence-corrected chi connectivity index (χ3v) is 7.90. The van der Waals surface area contributed by atoms with Crippen molar-refractivity contribution in [1.29, 1.82) is 0 Å². The highest BCUT2D eigenvalue weighted by atomic mass is 32.2. The van der Waals surface area contributed by atoms with E-state index in [0.29, 0.717) is 29.3 Å². The summed E-state index contributed by atoms with van der Waals surface area (Å²) >= 11 is 0.993. The van der Waals surface area contributed by atoms with E-state index in [1.165, 1.54) is 16.4 Å². The van der Waals surface area contributed by atoms with Gasteiger partial charge in [0.25, 0.3) is 10.0 Å². The van der Waals surface area contributed by atoms with Crippen LogP contribution in [0, 0.1) is 0 Å². The Bertz CT molecular complexity index is 939. The van der Waals surface area contributed by atoms with Crippen molar-refractivity contribution < 1.29 is 23.1 Å². The van der Waals surface area contributed by atoms with Gasteiger partial charge >= 0.3 is 5.97 Å². The Morgan fingerprint density at radius 3 is 2.37 bits per heavy atom. The second-order valence-electron chi connectivity index (χ2n) is 6.22. The Hall–Kier alpha value is -2.16. The molecule has 0 radical (unpaired) electrons. The van der Waals surface area contributed by atoms with Crippen LogP contribution in [0.4, 0.5) is 0 Å². The minimum atomic E-state index is -3.57. The minimum Gasteiger partial charge on any atom is -0.497 e. The van der Waals surface area contributed by atoms with Gasteiger partial charge in [-0.1, -0.05) is 18.6 Å². The molecule has 1 aromatic heterocycles. The predicted octanol–water partition coefficient (Wildman–Crippen LogP) is 3.56. The molecule has 1 aliphatic heterocycles. The van der Waals surface area contributed by atoms with E-state index in [9.17, 15) is 18.3 Å². The number of ether oxygens (including phenoxy) is 1. The van der Waals surface area contributed by atoms with Crippen molar-refractivity contribution in [2.75, 3.05) is 20.2 Å². The van der Waals surface area contributed by atoms with Gasteiger partial charge in [0, 0.05) is 18.0 Å². The molecule has 1 saturated heterocycles. The summed E-state index contributed by atoms with van der Waals surface area (Å²) in [4.78, 5) is 12.2. The zero-order chi connectivity index (χ0) is 19.4. The van der Waals surface area contributed by atoms with Crippen molar-refractivity contribution >= 4 is 39.0 Å². The van der Waals surface area contributed by atoms with Crippen LogP contribution in [0.2, 0.25) is 0 Å². The van der Waals surface area contributed by atoms with E-state index in [4.69, 9.17) is 4.74 Å². The first-order valence-electron chi connectivity index (χ1n) is 8.61. The molecule has 0 aliphatic carbocycles. The van der Waals surface area contributed by atoms with E-state index < -0.39 is 16.0 Å². The monoisotopic (exact) mass is 407 g/mol. The van der Waals surface area contributed by atoms with E-state index >= 15 is 0 Å². The zero-order valence-electron chi connectivity index (χ0n) is 14.9. The number of sulfonamides is 1. The van der Waals surface area contributed by atoms with Gasteiger partial charge in [-0.25, -0.2) is 13.2 Å². The standard InChI is InChI=1S/C19H21NO5S2/c1-25-15-7-5-14(6-8-15)13-16(19(21)22)17-9-10-18(26-17)27(23,24)20-11-3-2-4-12-20/h5-10,13H,2-4,11-12H2,1H3,(H,21,22)/b16-13+. The first kappa shape index (κ1) is 19.6. The molecule has 0 saturated carbocycles. The lowest BCUT2D eigenvalue weighted by molar-refractivity contribution is -0.130. The van der Waals surface area contributed by atoms with E-state index in [0.717, 1.165) is 30.6 Å². The number of piperidine rings is 1. The Balaban J connectivity index is 1.91. The molecule has 1 aliphatic rings. The number of carboxylic acids is 1. The fourth-order valence-electron chi connectivity index (χ4n) is 2.94. The number of hydrogen-bond acceptors (Lipinski definition) is 5. The van der Waals surface area contributed by atoms with Gasteiger partial charge in [-0.05, 0) is 48.7 Å². The summed E-state index contributed by atoms with van der Waals surface area (Å²) in [5, 5.41) is 9.60. The van der Waals surface area contributed by atoms with E-state index in [-0.39, 0.29) is 9.78 Å². The third kappa shape index (κ3) is 4.40. The van der Waals surface area contributed by atoms with Crippen molar-refractivity contribution in [3.8, 4) is 5.75 Å². The molecule has 2 heterocycles. The fraction of sp³-hybridized carbons (Fsp3) is 0.316. The summed E-state index contributed by atoms with van der Waals surface area (Å²) in [6, 6.07) is 10.0. The van der Waals surface area contributed by atoms with Crippen LogP contribution >= 0.6 is 11.3 Å². The van der Waals surface area contributed by atoms with Crippen LogP contribution in [0.15, 0.2) is 40.6 Å². The molecule has 3 rings (SSSR count). The average Bonchev–Trinajstić information content (AvgIpc) is 3.17. The van der Waals surface area contributed by atoms with Gasteiger partial charge in [0.1, 0.15) is 9.96 Å². The quantitative estimate of drug-likeness (QED) is 0.740. The average molecular weight is 408 g/mol. The fourth-order valence-corrected chi connectivity index (χ4v) is 5.93. The molecule has 1 fully saturated rings. The van der Waals surface area contributed by atoms with Crippen LogP contribution in [-0.4, -0.2) is 44.0 Å². The minimum absolute atomic E-state index is 0.0604. The van der Waals surface area contributed by atoms with Gasteiger partial charge in [-0.3, -0.25) is 0 Å². The van der Waals surface area contributed by atoms with Crippen molar-refractivity contribution in [2.45, 2.75) is 23.5 Å². The molecule has 0 bridgehead atoms. The SMILES string of the molecule is COc1ccc(/C=C(/C(=O)O)c2ccc(S(=O)(=O)N3CCCCC3)s2)cc1. The second-order valence-corrected chi connectivity index (χ2v) is 9.47. The summed E-state index contributed by atoms with van der Waals surface area (Å²) in [5.41, 5.74) is 0.757. The van der Waals surface area contributed by atoms with Crippen molar-refractivity contribution in [2.24, 2.45) is 0 Å². The first-order chi connectivity index (χ1) is 12.9. The molecule has 6 nitrogen and oxygen atoms in total. The summed E-state index contributed by atoms with van der Waals surface area (Å²) < 4.78 is 32.3. The summed E-state index contributed by atoms with van der Waals surface area (Å²) in [5.74, 6) is -0.426. The topological polar surface area (TPSA) is 83.9 Å². The number of rotatable bonds is 6. The largest absolute Gasteiger partial charge is 0.497 e. The van der Waals surface area contributed by atoms with Gasteiger partial charge in [0.15, 0.2) is 0 Å². The van der Waals surface area contributed by atoms with Gasteiger partial charge in [0.2, 0.25) is 0 Å². The van der Waals surface area contributed by atoms with Gasteiger partial charge in [-0.2, -0.15) is 4.31 Å². The van der Waals surface area contributed by atoms with Crippen molar-refractivity contribution in [3.05, 3.63) is 46.8 Å². The Labute approximate surface area is 162 Å². The van der Waals surface area contributed by atoms with Gasteiger partial charge in [-0.15, -0.1) is 11.3 Å². The molecule has 0 atom stereocenters. The molecule has 0 spiro atoms. The van der Waals surface area contributed by atoms with Crippen LogP contribution in [-0.2, 0) is 14.8 Å². The molecule has 2 aromatic rings. The number of carboxylic acid groups (broad SMARTS) is 1. The lowest BCUT2D eigenvalue weighted by Crippen LogP contribution is -2.35. The summed E-state index contributed by atoms with van der Waals surface area (Å²) in [6.07, 6.45) is 4.28. The smallest absolute Gasteiger partial charge is 0.337 e. The lowest BCUT2D eigenvalue weighted by Gasteiger charge is -2.25. The number of benzene rings is 1. The maximum absolute atomic E-state index is 12.8. The molecule has 1 aromatic carbocycles. The van der Waals surface area contributed by atoms with Crippen LogP contribution in [0.3, 0.4) is 0 Å². The number of methoxy groups -OCH3 is 1. The number of carbonyl (C=O) groups is 1. The third-order valence-electron chi connectivity index (χ3n) is 4.41. The molecule has 27 heavy (non-hydrogen) atoms. The zero-order valence-corrected chi connectivity index (χ0v) is 16.6. The molecule has 0 unspecified atom stereocenters. The van der Waals surface area contributed by atoms with E-state index in [2.05, 4.69) is 0 Å². The molecule has 0 amide bonds. The number of nitrogens with zero attached hydrogens (tertiary/aromatic N) is 1. The van der Waals surface area contributed by atoms with Crippen LogP contribution in [0.5, 0.6) is 5.75 Å². The second kappa shape index (κ2) is 8.24. The van der Waals surface area contributed by atoms with E-state index in [1.807, 2.05) is 0 Å². The van der Waals surface area contributed by atoms with Crippen molar-refractivity contribution in [1.82, 2.24) is 4.31 Å².